The van der Waals surface area contributed by atoms with Crippen molar-refractivity contribution in [1.29, 1.82) is 0 Å². The highest BCUT2D eigenvalue weighted by Gasteiger charge is 2.14. The van der Waals surface area contributed by atoms with Crippen LogP contribution in [0.1, 0.15) is 5.56 Å². The molecule has 7 heteroatoms. The zero-order valence-electron chi connectivity index (χ0n) is 12.7. The maximum absolute atomic E-state index is 5.26. The monoisotopic (exact) mass is 306 g/mol. The molecule has 0 saturated carbocycles. The van der Waals surface area contributed by atoms with Gasteiger partial charge in [-0.3, -0.25) is 10.2 Å². The second kappa shape index (κ2) is 5.20. The van der Waals surface area contributed by atoms with Gasteiger partial charge in [-0.15, -0.1) is 0 Å². The summed E-state index contributed by atoms with van der Waals surface area (Å²) in [6, 6.07) is 5.89. The van der Waals surface area contributed by atoms with E-state index >= 15 is 0 Å². The maximum atomic E-state index is 5.26. The third kappa shape index (κ3) is 2.22. The fraction of sp³-hybridized carbons (Fsp3) is 0.125. The van der Waals surface area contributed by atoms with E-state index in [0.29, 0.717) is 5.65 Å². The first-order chi connectivity index (χ1) is 11.3. The summed E-state index contributed by atoms with van der Waals surface area (Å²) in [7, 11) is 1.66. The minimum absolute atomic E-state index is 0.586. The minimum Gasteiger partial charge on any atom is -0.497 e. The van der Waals surface area contributed by atoms with E-state index in [0.717, 1.165) is 39.3 Å². The van der Waals surface area contributed by atoms with Crippen LogP contribution in [0.3, 0.4) is 0 Å². The first kappa shape index (κ1) is 13.4. The molecule has 4 rings (SSSR count). The van der Waals surface area contributed by atoms with Crippen LogP contribution in [0.4, 0.5) is 0 Å². The molecule has 0 radical (unpaired) electrons. The van der Waals surface area contributed by atoms with E-state index in [1.54, 1.807) is 25.7 Å². The van der Waals surface area contributed by atoms with Gasteiger partial charge in [-0.1, -0.05) is 0 Å². The Morgan fingerprint density at radius 1 is 1.17 bits per heavy atom. The summed E-state index contributed by atoms with van der Waals surface area (Å²) in [6.07, 6.45) is 5.20. The van der Waals surface area contributed by atoms with E-state index in [1.807, 2.05) is 25.1 Å². The van der Waals surface area contributed by atoms with Crippen molar-refractivity contribution >= 4 is 11.2 Å². The number of ether oxygens (including phenoxy) is 1. The highest BCUT2D eigenvalue weighted by atomic mass is 16.5. The van der Waals surface area contributed by atoms with Gasteiger partial charge in [0, 0.05) is 17.3 Å². The average Bonchev–Trinajstić information content (AvgIpc) is 3.24. The topological polar surface area (TPSA) is 92.4 Å². The van der Waals surface area contributed by atoms with Crippen molar-refractivity contribution in [3.8, 4) is 28.3 Å². The molecule has 2 N–H and O–H groups in total. The number of aromatic nitrogens is 6. The van der Waals surface area contributed by atoms with Crippen LogP contribution in [-0.4, -0.2) is 37.5 Å². The molecule has 0 aliphatic rings. The number of fused-ring (bicyclic) bond motifs is 1. The van der Waals surface area contributed by atoms with Crippen LogP contribution in [0.5, 0.6) is 5.75 Å². The molecule has 0 unspecified atom stereocenters. The number of nitrogens with zero attached hydrogens (tertiary/aromatic N) is 4. The predicted molar refractivity (Wildman–Crippen MR) is 86.0 cm³/mol. The molecule has 7 nitrogen and oxygen atoms in total. The molecule has 0 aliphatic heterocycles. The molecule has 0 aliphatic carbocycles. The van der Waals surface area contributed by atoms with E-state index in [9.17, 15) is 0 Å². The van der Waals surface area contributed by atoms with Gasteiger partial charge in [-0.2, -0.15) is 10.2 Å². The second-order valence-electron chi connectivity index (χ2n) is 5.19. The molecule has 0 amide bonds. The number of H-pyrrole nitrogens is 2. The van der Waals surface area contributed by atoms with Crippen molar-refractivity contribution < 1.29 is 4.74 Å². The Bertz CT molecular complexity index is 974. The lowest BCUT2D eigenvalue weighted by Crippen LogP contribution is -1.90. The van der Waals surface area contributed by atoms with Gasteiger partial charge in [-0.05, 0) is 30.7 Å². The first-order valence-corrected chi connectivity index (χ1v) is 7.11. The Morgan fingerprint density at radius 2 is 2.09 bits per heavy atom. The van der Waals surface area contributed by atoms with Crippen molar-refractivity contribution in [3.05, 3.63) is 42.4 Å². The molecule has 1 aromatic carbocycles. The lowest BCUT2D eigenvalue weighted by atomic mass is 10.0. The van der Waals surface area contributed by atoms with Gasteiger partial charge in [0.1, 0.15) is 11.3 Å². The summed E-state index contributed by atoms with van der Waals surface area (Å²) in [5, 5.41) is 14.0. The number of aryl methyl sites for hydroxylation is 1. The Hall–Kier alpha value is -3.22. The van der Waals surface area contributed by atoms with Crippen molar-refractivity contribution in [2.24, 2.45) is 0 Å². The molecule has 3 aromatic heterocycles. The van der Waals surface area contributed by atoms with E-state index in [-0.39, 0.29) is 0 Å². The molecule has 3 heterocycles. The highest BCUT2D eigenvalue weighted by Crippen LogP contribution is 2.30. The van der Waals surface area contributed by atoms with Crippen LogP contribution < -0.4 is 4.74 Å². The summed E-state index contributed by atoms with van der Waals surface area (Å²) in [5.74, 6) is 0.820. The lowest BCUT2D eigenvalue weighted by molar-refractivity contribution is 0.414. The minimum atomic E-state index is 0.586. The van der Waals surface area contributed by atoms with E-state index in [2.05, 4.69) is 25.4 Å². The molecule has 23 heavy (non-hydrogen) atoms. The Balaban J connectivity index is 1.89. The number of hydrogen-bond acceptors (Lipinski definition) is 5. The Labute approximate surface area is 131 Å². The predicted octanol–water partition coefficient (Wildman–Crippen LogP) is 2.73. The van der Waals surface area contributed by atoms with E-state index in [4.69, 9.17) is 9.72 Å². The van der Waals surface area contributed by atoms with E-state index in [1.165, 1.54) is 0 Å². The van der Waals surface area contributed by atoms with Gasteiger partial charge < -0.3 is 4.74 Å². The zero-order valence-corrected chi connectivity index (χ0v) is 12.7. The summed E-state index contributed by atoms with van der Waals surface area (Å²) in [5.41, 5.74) is 5.90. The fourth-order valence-electron chi connectivity index (χ4n) is 2.56. The number of nitrogens with one attached hydrogen (secondary N) is 2. The summed E-state index contributed by atoms with van der Waals surface area (Å²) in [6.45, 7) is 2.03. The summed E-state index contributed by atoms with van der Waals surface area (Å²) in [4.78, 5) is 9.07. The summed E-state index contributed by atoms with van der Waals surface area (Å²) >= 11 is 0. The molecular weight excluding hydrogens is 292 g/mol. The Kier molecular flexibility index (Phi) is 3.04. The lowest BCUT2D eigenvalue weighted by Gasteiger charge is -2.06. The number of methoxy groups -OCH3 is 1. The van der Waals surface area contributed by atoms with E-state index < -0.39 is 0 Å². The van der Waals surface area contributed by atoms with Crippen molar-refractivity contribution in [2.75, 3.05) is 7.11 Å². The second-order valence-corrected chi connectivity index (χ2v) is 5.19. The van der Waals surface area contributed by atoms with Crippen molar-refractivity contribution in [3.63, 3.8) is 0 Å². The van der Waals surface area contributed by atoms with Gasteiger partial charge in [-0.25, -0.2) is 9.97 Å². The van der Waals surface area contributed by atoms with Gasteiger partial charge in [0.05, 0.1) is 30.9 Å². The van der Waals surface area contributed by atoms with Crippen LogP contribution in [0, 0.1) is 6.92 Å². The molecule has 0 saturated heterocycles. The van der Waals surface area contributed by atoms with Crippen LogP contribution >= 0.6 is 0 Å². The number of rotatable bonds is 3. The third-order valence-electron chi connectivity index (χ3n) is 3.76. The molecular formula is C16H14N6O. The zero-order chi connectivity index (χ0) is 15.8. The highest BCUT2D eigenvalue weighted by molar-refractivity contribution is 5.89. The average molecular weight is 306 g/mol. The normalized spacial score (nSPS) is 11.0. The van der Waals surface area contributed by atoms with Gasteiger partial charge in [0.2, 0.25) is 0 Å². The standard InChI is InChI=1S/C16H14N6O/c1-9-5-11(23-2)3-4-12(9)14-15-16(22-21-14)17-8-13(20-15)10-6-18-19-7-10/h3-8H,1-2H3,(H,18,19)(H,17,21,22). The maximum Gasteiger partial charge on any atom is 0.200 e. The van der Waals surface area contributed by atoms with Gasteiger partial charge in [0.25, 0.3) is 0 Å². The molecule has 0 bridgehead atoms. The largest absolute Gasteiger partial charge is 0.497 e. The van der Waals surface area contributed by atoms with Gasteiger partial charge in [0.15, 0.2) is 5.65 Å². The molecule has 4 aromatic rings. The van der Waals surface area contributed by atoms with Crippen LogP contribution in [-0.2, 0) is 0 Å². The quantitative estimate of drug-likeness (QED) is 0.607. The molecule has 0 spiro atoms. The number of benzene rings is 1. The molecule has 0 atom stereocenters. The van der Waals surface area contributed by atoms with Gasteiger partial charge >= 0.3 is 0 Å². The Morgan fingerprint density at radius 3 is 2.83 bits per heavy atom. The molecule has 114 valence electrons. The first-order valence-electron chi connectivity index (χ1n) is 7.11. The third-order valence-corrected chi connectivity index (χ3v) is 3.76. The van der Waals surface area contributed by atoms with Crippen molar-refractivity contribution in [2.45, 2.75) is 6.92 Å². The van der Waals surface area contributed by atoms with Crippen LogP contribution in [0.2, 0.25) is 0 Å². The smallest absolute Gasteiger partial charge is 0.200 e. The SMILES string of the molecule is COc1ccc(-c2[nH]nc3ncc(-c4cn[nH]c4)nc23)c(C)c1. The molecule has 0 fully saturated rings. The van der Waals surface area contributed by atoms with Crippen LogP contribution in [0.25, 0.3) is 33.7 Å². The van der Waals surface area contributed by atoms with Crippen LogP contribution in [0.15, 0.2) is 36.8 Å². The number of hydrogen-bond donors (Lipinski definition) is 2. The summed E-state index contributed by atoms with van der Waals surface area (Å²) < 4.78 is 5.26. The number of aromatic amines is 2. The fourth-order valence-corrected chi connectivity index (χ4v) is 2.56. The van der Waals surface area contributed by atoms with Crippen molar-refractivity contribution in [1.82, 2.24) is 30.4 Å².